The van der Waals surface area contributed by atoms with E-state index in [1.54, 1.807) is 19.1 Å². The summed E-state index contributed by atoms with van der Waals surface area (Å²) in [6, 6.07) is 4.32. The SMILES string of the molecule is C[C@@H](O[Si](C)(C)C(C)(C)C)[C@H]1C(=O)N[C@@H]1[C@@H](C)C(=O)Oc1ccc(Cl)cc1Cl. The van der Waals surface area contributed by atoms with Crippen molar-refractivity contribution in [1.82, 2.24) is 5.32 Å². The van der Waals surface area contributed by atoms with E-state index >= 15 is 0 Å². The van der Waals surface area contributed by atoms with Gasteiger partial charge < -0.3 is 14.5 Å². The van der Waals surface area contributed by atoms with Crippen LogP contribution in [-0.2, 0) is 14.0 Å². The highest BCUT2D eigenvalue weighted by Gasteiger charge is 2.50. The Bertz CT molecular complexity index is 763. The van der Waals surface area contributed by atoms with Crippen molar-refractivity contribution in [3.63, 3.8) is 0 Å². The molecule has 1 aliphatic heterocycles. The van der Waals surface area contributed by atoms with Crippen LogP contribution in [0.1, 0.15) is 34.6 Å². The first-order chi connectivity index (χ1) is 12.7. The standard InChI is InChI=1S/C20H29Cl2NO4Si/c1-11(19(25)26-15-9-8-13(21)10-14(15)22)17-16(18(24)23-17)12(2)27-28(6,7)20(3,4)5/h8-12,16-17H,1-7H3,(H,23,24)/t11-,12-,16-,17-/m1/s1. The van der Waals surface area contributed by atoms with E-state index in [2.05, 4.69) is 39.2 Å². The Morgan fingerprint density at radius 3 is 2.32 bits per heavy atom. The van der Waals surface area contributed by atoms with Crippen molar-refractivity contribution in [3.8, 4) is 5.75 Å². The molecule has 4 atom stereocenters. The fraction of sp³-hybridized carbons (Fsp3) is 0.600. The molecule has 0 aromatic heterocycles. The Kier molecular flexibility index (Phi) is 6.91. The van der Waals surface area contributed by atoms with Crippen molar-refractivity contribution in [3.05, 3.63) is 28.2 Å². The van der Waals surface area contributed by atoms with Crippen molar-refractivity contribution >= 4 is 43.4 Å². The summed E-state index contributed by atoms with van der Waals surface area (Å²) in [7, 11) is -2.03. The Morgan fingerprint density at radius 1 is 1.21 bits per heavy atom. The van der Waals surface area contributed by atoms with Crippen molar-refractivity contribution in [2.24, 2.45) is 11.8 Å². The lowest BCUT2D eigenvalue weighted by molar-refractivity contribution is -0.149. The van der Waals surface area contributed by atoms with Crippen LogP contribution in [0.15, 0.2) is 18.2 Å². The molecule has 1 aromatic carbocycles. The quantitative estimate of drug-likeness (QED) is 0.287. The number of ether oxygens (including phenoxy) is 1. The number of halogens is 2. The predicted octanol–water partition coefficient (Wildman–Crippen LogP) is 5.06. The molecule has 1 aliphatic rings. The minimum Gasteiger partial charge on any atom is -0.425 e. The maximum atomic E-state index is 12.6. The van der Waals surface area contributed by atoms with Crippen LogP contribution in [0.5, 0.6) is 5.75 Å². The first-order valence-electron chi connectivity index (χ1n) is 9.39. The van der Waals surface area contributed by atoms with E-state index in [1.165, 1.54) is 6.07 Å². The number of β-lactam (4-membered cyclic amide) rings is 1. The summed E-state index contributed by atoms with van der Waals surface area (Å²) in [6.45, 7) is 14.4. The third-order valence-corrected chi connectivity index (χ3v) is 10.9. The Balaban J connectivity index is 2.07. The Labute approximate surface area is 178 Å². The van der Waals surface area contributed by atoms with E-state index in [0.717, 1.165) is 0 Å². The van der Waals surface area contributed by atoms with Gasteiger partial charge >= 0.3 is 5.97 Å². The summed E-state index contributed by atoms with van der Waals surface area (Å²) in [5, 5.41) is 3.58. The van der Waals surface area contributed by atoms with Gasteiger partial charge in [0.25, 0.3) is 0 Å². The van der Waals surface area contributed by atoms with Gasteiger partial charge in [0.1, 0.15) is 5.75 Å². The summed E-state index contributed by atoms with van der Waals surface area (Å²) in [5.41, 5.74) is 0. The highest BCUT2D eigenvalue weighted by Crippen LogP contribution is 2.39. The third kappa shape index (κ3) is 4.90. The number of rotatable bonds is 6. The molecule has 1 aromatic rings. The fourth-order valence-corrected chi connectivity index (χ4v) is 4.86. The van der Waals surface area contributed by atoms with Gasteiger partial charge in [-0.15, -0.1) is 0 Å². The van der Waals surface area contributed by atoms with Crippen LogP contribution in [0.25, 0.3) is 0 Å². The number of carbonyl (C=O) groups is 2. The summed E-state index contributed by atoms with van der Waals surface area (Å²) in [6.07, 6.45) is -0.283. The molecule has 0 radical (unpaired) electrons. The van der Waals surface area contributed by atoms with E-state index in [-0.39, 0.29) is 33.9 Å². The number of amides is 1. The van der Waals surface area contributed by atoms with E-state index < -0.39 is 26.1 Å². The van der Waals surface area contributed by atoms with Gasteiger partial charge in [-0.1, -0.05) is 44.0 Å². The van der Waals surface area contributed by atoms with Crippen molar-refractivity contribution in [2.45, 2.75) is 64.9 Å². The summed E-state index contributed by atoms with van der Waals surface area (Å²) in [4.78, 5) is 24.8. The third-order valence-electron chi connectivity index (χ3n) is 5.81. The molecule has 1 N–H and O–H groups in total. The normalized spacial score (nSPS) is 22.1. The van der Waals surface area contributed by atoms with Gasteiger partial charge in [0.15, 0.2) is 8.32 Å². The lowest BCUT2D eigenvalue weighted by atomic mass is 9.79. The topological polar surface area (TPSA) is 64.6 Å². The van der Waals surface area contributed by atoms with Crippen molar-refractivity contribution in [2.75, 3.05) is 0 Å². The highest BCUT2D eigenvalue weighted by molar-refractivity contribution is 6.74. The molecule has 8 heteroatoms. The summed E-state index contributed by atoms with van der Waals surface area (Å²) < 4.78 is 11.8. The number of esters is 1. The van der Waals surface area contributed by atoms with E-state index in [4.69, 9.17) is 32.4 Å². The van der Waals surface area contributed by atoms with Crippen LogP contribution >= 0.6 is 23.2 Å². The molecule has 1 heterocycles. The maximum absolute atomic E-state index is 12.6. The van der Waals surface area contributed by atoms with Crippen LogP contribution in [-0.4, -0.2) is 32.3 Å². The zero-order valence-corrected chi connectivity index (χ0v) is 19.9. The average Bonchev–Trinajstić information content (AvgIpc) is 2.52. The van der Waals surface area contributed by atoms with Crippen LogP contribution in [0.3, 0.4) is 0 Å². The Hall–Kier alpha value is -1.08. The van der Waals surface area contributed by atoms with Gasteiger partial charge in [0.05, 0.1) is 29.0 Å². The van der Waals surface area contributed by atoms with Gasteiger partial charge in [-0.05, 0) is 50.2 Å². The second kappa shape index (κ2) is 8.34. The fourth-order valence-electron chi connectivity index (χ4n) is 2.98. The summed E-state index contributed by atoms with van der Waals surface area (Å²) >= 11 is 11.9. The van der Waals surface area contributed by atoms with Crippen molar-refractivity contribution < 1.29 is 18.8 Å². The minimum absolute atomic E-state index is 0.0346. The van der Waals surface area contributed by atoms with E-state index in [0.29, 0.717) is 5.02 Å². The number of benzene rings is 1. The molecule has 2 rings (SSSR count). The average molecular weight is 446 g/mol. The molecule has 156 valence electrons. The Morgan fingerprint density at radius 2 is 1.82 bits per heavy atom. The molecular formula is C20H29Cl2NO4Si. The monoisotopic (exact) mass is 445 g/mol. The molecule has 1 amide bonds. The van der Waals surface area contributed by atoms with E-state index in [9.17, 15) is 9.59 Å². The molecule has 0 unspecified atom stereocenters. The number of carbonyl (C=O) groups excluding carboxylic acids is 2. The van der Waals surface area contributed by atoms with Crippen LogP contribution < -0.4 is 10.1 Å². The second-order valence-corrected chi connectivity index (χ2v) is 14.5. The maximum Gasteiger partial charge on any atom is 0.316 e. The minimum atomic E-state index is -2.03. The molecule has 0 bridgehead atoms. The predicted molar refractivity (Wildman–Crippen MR) is 114 cm³/mol. The highest BCUT2D eigenvalue weighted by atomic mass is 35.5. The van der Waals surface area contributed by atoms with E-state index in [1.807, 2.05) is 6.92 Å². The molecule has 1 fully saturated rings. The second-order valence-electron chi connectivity index (χ2n) is 8.93. The molecule has 0 aliphatic carbocycles. The van der Waals surface area contributed by atoms with Gasteiger partial charge in [0.2, 0.25) is 5.91 Å². The molecular weight excluding hydrogens is 417 g/mol. The van der Waals surface area contributed by atoms with Crippen LogP contribution in [0, 0.1) is 11.8 Å². The first kappa shape index (κ1) is 23.2. The zero-order chi connectivity index (χ0) is 21.4. The van der Waals surface area contributed by atoms with Crippen LogP contribution in [0.4, 0.5) is 0 Å². The molecule has 28 heavy (non-hydrogen) atoms. The van der Waals surface area contributed by atoms with Gasteiger partial charge in [-0.25, -0.2) is 0 Å². The smallest absolute Gasteiger partial charge is 0.316 e. The number of nitrogens with one attached hydrogen (secondary N) is 1. The molecule has 0 spiro atoms. The largest absolute Gasteiger partial charge is 0.425 e. The number of hydrogen-bond donors (Lipinski definition) is 1. The van der Waals surface area contributed by atoms with Gasteiger partial charge in [-0.2, -0.15) is 0 Å². The van der Waals surface area contributed by atoms with Crippen molar-refractivity contribution in [1.29, 1.82) is 0 Å². The number of hydrogen-bond acceptors (Lipinski definition) is 4. The van der Waals surface area contributed by atoms with Crippen LogP contribution in [0.2, 0.25) is 28.2 Å². The van der Waals surface area contributed by atoms with Gasteiger partial charge in [0, 0.05) is 5.02 Å². The molecule has 5 nitrogen and oxygen atoms in total. The summed E-state index contributed by atoms with van der Waals surface area (Å²) in [5.74, 6) is -1.24. The lowest BCUT2D eigenvalue weighted by Gasteiger charge is -2.46. The lowest BCUT2D eigenvalue weighted by Crippen LogP contribution is -2.67. The zero-order valence-electron chi connectivity index (χ0n) is 17.4. The molecule has 1 saturated heterocycles. The molecule has 0 saturated carbocycles. The van der Waals surface area contributed by atoms with Gasteiger partial charge in [-0.3, -0.25) is 9.59 Å². The first-order valence-corrected chi connectivity index (χ1v) is 13.1.